The summed E-state index contributed by atoms with van der Waals surface area (Å²) in [5.74, 6) is -0.389. The summed E-state index contributed by atoms with van der Waals surface area (Å²) in [5.41, 5.74) is 2.12. The molecule has 2 rings (SSSR count). The van der Waals surface area contributed by atoms with Crippen LogP contribution < -0.4 is 5.32 Å². The minimum Gasteiger partial charge on any atom is -0.378 e. The van der Waals surface area contributed by atoms with Gasteiger partial charge in [-0.25, -0.2) is 0 Å². The Morgan fingerprint density at radius 3 is 2.92 bits per heavy atom. The Labute approximate surface area is 80.3 Å². The summed E-state index contributed by atoms with van der Waals surface area (Å²) >= 11 is 5.79. The van der Waals surface area contributed by atoms with Crippen molar-refractivity contribution in [2.24, 2.45) is 0 Å². The minimum atomic E-state index is -1.08. The van der Waals surface area contributed by atoms with Gasteiger partial charge >= 0.3 is 0 Å². The van der Waals surface area contributed by atoms with E-state index < -0.39 is 6.10 Å². The van der Waals surface area contributed by atoms with Crippen LogP contribution in [0.4, 0.5) is 5.69 Å². The van der Waals surface area contributed by atoms with Crippen LogP contribution in [0.1, 0.15) is 17.2 Å². The Kier molecular flexibility index (Phi) is 1.78. The molecule has 0 saturated heterocycles. The van der Waals surface area contributed by atoms with Crippen molar-refractivity contribution in [3.8, 4) is 0 Å². The molecule has 1 atom stereocenters. The normalized spacial score (nSPS) is 19.9. The zero-order valence-corrected chi connectivity index (χ0v) is 7.72. The molecule has 1 aromatic carbocycles. The quantitative estimate of drug-likeness (QED) is 0.664. The number of rotatable bonds is 0. The number of fused-ring (bicyclic) bond motifs is 1. The van der Waals surface area contributed by atoms with E-state index in [1.165, 1.54) is 0 Å². The lowest BCUT2D eigenvalue weighted by molar-refractivity contribution is -0.123. The largest absolute Gasteiger partial charge is 0.378 e. The van der Waals surface area contributed by atoms with Gasteiger partial charge in [-0.2, -0.15) is 0 Å². The first-order chi connectivity index (χ1) is 6.09. The van der Waals surface area contributed by atoms with Crippen molar-refractivity contribution in [3.05, 3.63) is 28.3 Å². The highest BCUT2D eigenvalue weighted by Crippen LogP contribution is 2.35. The van der Waals surface area contributed by atoms with Crippen LogP contribution >= 0.6 is 11.6 Å². The average Bonchev–Trinajstić information content (AvgIpc) is 2.32. The Morgan fingerprint density at radius 1 is 1.54 bits per heavy atom. The predicted octanol–water partition coefficient (Wildman–Crippen LogP) is 1.63. The molecule has 0 spiro atoms. The second kappa shape index (κ2) is 2.72. The van der Waals surface area contributed by atoms with E-state index in [2.05, 4.69) is 5.32 Å². The molecule has 1 unspecified atom stereocenters. The van der Waals surface area contributed by atoms with Crippen LogP contribution in [-0.2, 0) is 4.79 Å². The fourth-order valence-electron chi connectivity index (χ4n) is 1.49. The topological polar surface area (TPSA) is 49.3 Å². The summed E-state index contributed by atoms with van der Waals surface area (Å²) in [6, 6.07) is 3.35. The van der Waals surface area contributed by atoms with Crippen molar-refractivity contribution in [3.63, 3.8) is 0 Å². The molecule has 0 radical (unpaired) electrons. The standard InChI is InChI=1S/C9H8ClNO2/c1-4-2-5(10)3-6-7(4)11-9(13)8(6)12/h2-3,8,12H,1H3,(H,11,13). The van der Waals surface area contributed by atoms with Crippen molar-refractivity contribution in [2.75, 3.05) is 5.32 Å². The van der Waals surface area contributed by atoms with Crippen LogP contribution in [0.2, 0.25) is 5.02 Å². The Morgan fingerprint density at radius 2 is 2.23 bits per heavy atom. The minimum absolute atomic E-state index is 0.389. The van der Waals surface area contributed by atoms with Gasteiger partial charge in [-0.05, 0) is 24.6 Å². The van der Waals surface area contributed by atoms with Crippen LogP contribution in [0.5, 0.6) is 0 Å². The summed E-state index contributed by atoms with van der Waals surface area (Å²) in [6.45, 7) is 1.84. The van der Waals surface area contributed by atoms with E-state index >= 15 is 0 Å². The number of carbonyl (C=O) groups is 1. The molecule has 0 bridgehead atoms. The van der Waals surface area contributed by atoms with Crippen molar-refractivity contribution in [1.29, 1.82) is 0 Å². The second-order valence-corrected chi connectivity index (χ2v) is 3.52. The van der Waals surface area contributed by atoms with Crippen molar-refractivity contribution in [1.82, 2.24) is 0 Å². The number of aryl methyl sites for hydroxylation is 1. The van der Waals surface area contributed by atoms with E-state index in [0.717, 1.165) is 5.56 Å². The zero-order valence-electron chi connectivity index (χ0n) is 6.97. The van der Waals surface area contributed by atoms with Crippen LogP contribution in [0, 0.1) is 6.92 Å². The number of hydrogen-bond donors (Lipinski definition) is 2. The number of aliphatic hydroxyl groups is 1. The van der Waals surface area contributed by atoms with Crippen molar-refractivity contribution in [2.45, 2.75) is 13.0 Å². The zero-order chi connectivity index (χ0) is 9.59. The first-order valence-corrected chi connectivity index (χ1v) is 4.26. The molecule has 1 aliphatic rings. The molecule has 4 heteroatoms. The first kappa shape index (κ1) is 8.53. The van der Waals surface area contributed by atoms with Gasteiger partial charge in [0.05, 0.1) is 5.69 Å². The molecule has 2 N–H and O–H groups in total. The molecule has 13 heavy (non-hydrogen) atoms. The van der Waals surface area contributed by atoms with Crippen LogP contribution in [0.25, 0.3) is 0 Å². The maximum atomic E-state index is 11.1. The number of nitrogens with one attached hydrogen (secondary N) is 1. The van der Waals surface area contributed by atoms with E-state index in [4.69, 9.17) is 11.6 Å². The van der Waals surface area contributed by atoms with Crippen molar-refractivity contribution < 1.29 is 9.90 Å². The molecule has 0 fully saturated rings. The number of anilines is 1. The molecule has 1 aliphatic heterocycles. The number of amides is 1. The number of aliphatic hydroxyl groups excluding tert-OH is 1. The molecule has 0 saturated carbocycles. The van der Waals surface area contributed by atoms with E-state index in [1.54, 1.807) is 12.1 Å². The fourth-order valence-corrected chi connectivity index (χ4v) is 1.77. The number of halogens is 1. The molecule has 1 amide bonds. The van der Waals surface area contributed by atoms with Gasteiger partial charge in [-0.1, -0.05) is 11.6 Å². The molecular weight excluding hydrogens is 190 g/mol. The van der Waals surface area contributed by atoms with E-state index in [9.17, 15) is 9.90 Å². The van der Waals surface area contributed by atoms with Gasteiger partial charge in [0.15, 0.2) is 6.10 Å². The molecule has 3 nitrogen and oxygen atoms in total. The number of carbonyl (C=O) groups excluding carboxylic acids is 1. The lowest BCUT2D eigenvalue weighted by Gasteiger charge is -2.04. The lowest BCUT2D eigenvalue weighted by atomic mass is 10.1. The highest BCUT2D eigenvalue weighted by Gasteiger charge is 2.29. The predicted molar refractivity (Wildman–Crippen MR) is 49.8 cm³/mol. The smallest absolute Gasteiger partial charge is 0.257 e. The van der Waals surface area contributed by atoms with Gasteiger partial charge in [-0.3, -0.25) is 4.79 Å². The second-order valence-electron chi connectivity index (χ2n) is 3.08. The number of benzene rings is 1. The lowest BCUT2D eigenvalue weighted by Crippen LogP contribution is -2.10. The third-order valence-electron chi connectivity index (χ3n) is 2.12. The summed E-state index contributed by atoms with van der Waals surface area (Å²) in [7, 11) is 0. The van der Waals surface area contributed by atoms with Gasteiger partial charge in [0, 0.05) is 10.6 Å². The van der Waals surface area contributed by atoms with Crippen LogP contribution in [0.3, 0.4) is 0 Å². The summed E-state index contributed by atoms with van der Waals surface area (Å²) in [6.07, 6.45) is -1.08. The molecule has 0 aliphatic carbocycles. The number of hydrogen-bond acceptors (Lipinski definition) is 2. The van der Waals surface area contributed by atoms with Crippen LogP contribution in [-0.4, -0.2) is 11.0 Å². The SMILES string of the molecule is Cc1cc(Cl)cc2c1NC(=O)C2O. The molecule has 68 valence electrons. The van der Waals surface area contributed by atoms with Gasteiger partial charge in [0.2, 0.25) is 0 Å². The van der Waals surface area contributed by atoms with Gasteiger partial charge in [-0.15, -0.1) is 0 Å². The maximum absolute atomic E-state index is 11.1. The van der Waals surface area contributed by atoms with E-state index in [0.29, 0.717) is 16.3 Å². The average molecular weight is 198 g/mol. The molecule has 1 aromatic rings. The molecule has 1 heterocycles. The van der Waals surface area contributed by atoms with E-state index in [1.807, 2.05) is 6.92 Å². The summed E-state index contributed by atoms with van der Waals surface area (Å²) < 4.78 is 0. The highest BCUT2D eigenvalue weighted by molar-refractivity contribution is 6.31. The third kappa shape index (κ3) is 1.20. The van der Waals surface area contributed by atoms with Gasteiger partial charge < -0.3 is 10.4 Å². The van der Waals surface area contributed by atoms with E-state index in [-0.39, 0.29) is 5.91 Å². The molecule has 0 aromatic heterocycles. The highest BCUT2D eigenvalue weighted by atomic mass is 35.5. The first-order valence-electron chi connectivity index (χ1n) is 3.88. The third-order valence-corrected chi connectivity index (χ3v) is 2.34. The summed E-state index contributed by atoms with van der Waals surface area (Å²) in [5, 5.41) is 12.6. The molecular formula is C9H8ClNO2. The van der Waals surface area contributed by atoms with Crippen LogP contribution in [0.15, 0.2) is 12.1 Å². The summed E-state index contributed by atoms with van der Waals surface area (Å²) in [4.78, 5) is 11.1. The van der Waals surface area contributed by atoms with Crippen molar-refractivity contribution >= 4 is 23.2 Å². The Bertz CT molecular complexity index is 389. The van der Waals surface area contributed by atoms with Gasteiger partial charge in [0.25, 0.3) is 5.91 Å². The Balaban J connectivity index is 2.63. The fraction of sp³-hybridized carbons (Fsp3) is 0.222. The maximum Gasteiger partial charge on any atom is 0.257 e. The monoisotopic (exact) mass is 197 g/mol. The van der Waals surface area contributed by atoms with Gasteiger partial charge in [0.1, 0.15) is 0 Å². The Hall–Kier alpha value is -1.06.